The highest BCUT2D eigenvalue weighted by Gasteiger charge is 2.26. The number of rotatable bonds is 7. The maximum absolute atomic E-state index is 13.1. The van der Waals surface area contributed by atoms with E-state index in [1.54, 1.807) is 61.1 Å². The van der Waals surface area contributed by atoms with Crippen molar-refractivity contribution in [2.24, 2.45) is 5.41 Å². The molecule has 1 aromatic heterocycles. The van der Waals surface area contributed by atoms with Gasteiger partial charge in [-0.25, -0.2) is 4.68 Å². The zero-order valence-corrected chi connectivity index (χ0v) is 20.7. The molecule has 0 aliphatic carbocycles. The van der Waals surface area contributed by atoms with Gasteiger partial charge in [0.1, 0.15) is 0 Å². The first-order valence-corrected chi connectivity index (χ1v) is 11.7. The fraction of sp³-hybridized carbons (Fsp3) is 0.192. The number of hydrogen-bond donors (Lipinski definition) is 3. The molecule has 0 radical (unpaired) electrons. The van der Waals surface area contributed by atoms with Crippen LogP contribution in [-0.2, 0) is 11.3 Å². The highest BCUT2D eigenvalue weighted by Crippen LogP contribution is 2.27. The van der Waals surface area contributed by atoms with Gasteiger partial charge in [-0.3, -0.25) is 9.59 Å². The molecule has 4 aromatic rings. The molecule has 2 amide bonds. The molecule has 35 heavy (non-hydrogen) atoms. The summed E-state index contributed by atoms with van der Waals surface area (Å²) >= 11 is 12.3. The molecule has 0 spiro atoms. The van der Waals surface area contributed by atoms with Crippen LogP contribution in [0.15, 0.2) is 66.9 Å². The normalized spacial score (nSPS) is 11.5. The number of aliphatic hydroxyl groups excluding tert-OH is 1. The number of hydrogen-bond acceptors (Lipinski definition) is 4. The largest absolute Gasteiger partial charge is 0.395 e. The van der Waals surface area contributed by atoms with Crippen LogP contribution >= 0.6 is 23.2 Å². The van der Waals surface area contributed by atoms with E-state index in [2.05, 4.69) is 15.7 Å². The van der Waals surface area contributed by atoms with Crippen molar-refractivity contribution >= 4 is 51.6 Å². The van der Waals surface area contributed by atoms with Gasteiger partial charge < -0.3 is 15.7 Å². The first kappa shape index (κ1) is 24.7. The summed E-state index contributed by atoms with van der Waals surface area (Å²) in [5.74, 6) is -0.670. The van der Waals surface area contributed by atoms with E-state index in [0.29, 0.717) is 16.3 Å². The third-order valence-electron chi connectivity index (χ3n) is 5.67. The summed E-state index contributed by atoms with van der Waals surface area (Å²) in [4.78, 5) is 25.4. The van der Waals surface area contributed by atoms with Crippen molar-refractivity contribution in [3.05, 3.63) is 88.0 Å². The molecule has 0 aliphatic heterocycles. The lowest BCUT2D eigenvalue weighted by Crippen LogP contribution is -2.38. The predicted molar refractivity (Wildman–Crippen MR) is 138 cm³/mol. The zero-order valence-electron chi connectivity index (χ0n) is 19.2. The number of carbonyl (C=O) groups is 2. The second-order valence-corrected chi connectivity index (χ2v) is 9.61. The molecule has 0 aliphatic rings. The Labute approximate surface area is 212 Å². The maximum Gasteiger partial charge on any atom is 0.257 e. The fourth-order valence-corrected chi connectivity index (χ4v) is 3.82. The number of anilines is 1. The van der Waals surface area contributed by atoms with E-state index < -0.39 is 5.41 Å². The van der Waals surface area contributed by atoms with Crippen LogP contribution < -0.4 is 10.6 Å². The summed E-state index contributed by atoms with van der Waals surface area (Å²) < 4.78 is 1.77. The van der Waals surface area contributed by atoms with Crippen LogP contribution in [0.4, 0.5) is 5.69 Å². The number of aromatic nitrogens is 2. The molecule has 3 N–H and O–H groups in total. The van der Waals surface area contributed by atoms with Gasteiger partial charge in [0.25, 0.3) is 5.91 Å². The molecular weight excluding hydrogens is 487 g/mol. The molecule has 0 bridgehead atoms. The third-order valence-corrected chi connectivity index (χ3v) is 6.25. The molecule has 1 heterocycles. The Bertz CT molecular complexity index is 1400. The van der Waals surface area contributed by atoms with Crippen LogP contribution in [0.2, 0.25) is 10.0 Å². The van der Waals surface area contributed by atoms with E-state index in [1.807, 2.05) is 24.3 Å². The van der Waals surface area contributed by atoms with Crippen molar-refractivity contribution in [1.29, 1.82) is 0 Å². The van der Waals surface area contributed by atoms with Gasteiger partial charge in [0.2, 0.25) is 5.91 Å². The molecule has 0 saturated carbocycles. The molecule has 0 fully saturated rings. The number of carbonyl (C=O) groups excluding carboxylic acids is 2. The monoisotopic (exact) mass is 510 g/mol. The lowest BCUT2D eigenvalue weighted by molar-refractivity contribution is -0.131. The Hall–Kier alpha value is -3.39. The lowest BCUT2D eigenvalue weighted by Gasteiger charge is -2.20. The van der Waals surface area contributed by atoms with Gasteiger partial charge in [-0.1, -0.05) is 35.3 Å². The van der Waals surface area contributed by atoms with Gasteiger partial charge in [-0.05, 0) is 67.9 Å². The molecule has 0 saturated heterocycles. The quantitative estimate of drug-likeness (QED) is 0.317. The minimum absolute atomic E-state index is 0.198. The summed E-state index contributed by atoms with van der Waals surface area (Å²) in [7, 11) is 0. The maximum atomic E-state index is 13.1. The second kappa shape index (κ2) is 10.1. The van der Waals surface area contributed by atoms with E-state index in [4.69, 9.17) is 23.2 Å². The van der Waals surface area contributed by atoms with Crippen molar-refractivity contribution in [2.45, 2.75) is 20.4 Å². The van der Waals surface area contributed by atoms with E-state index >= 15 is 0 Å². The lowest BCUT2D eigenvalue weighted by atomic mass is 9.93. The van der Waals surface area contributed by atoms with Gasteiger partial charge in [-0.15, -0.1) is 0 Å². The van der Waals surface area contributed by atoms with E-state index in [9.17, 15) is 14.7 Å². The number of amides is 2. The Morgan fingerprint density at radius 1 is 1.06 bits per heavy atom. The van der Waals surface area contributed by atoms with Gasteiger partial charge >= 0.3 is 0 Å². The summed E-state index contributed by atoms with van der Waals surface area (Å²) in [6, 6.07) is 17.9. The highest BCUT2D eigenvalue weighted by atomic mass is 35.5. The van der Waals surface area contributed by atoms with E-state index in [-0.39, 0.29) is 35.6 Å². The average molecular weight is 511 g/mol. The minimum Gasteiger partial charge on any atom is -0.395 e. The standard InChI is InChI=1S/C26H24Cl2N4O3/c1-26(2,15-33)25(35)29-13-16-6-11-21(28)19(12-16)24(34)31-22-4-3-5-23-20(22)14-30-32(23)18-9-7-17(27)8-10-18/h3-12,14,33H,13,15H2,1-2H3,(H,29,35)(H,31,34). The van der Waals surface area contributed by atoms with Gasteiger partial charge in [0, 0.05) is 17.0 Å². The Kier molecular flexibility index (Phi) is 7.12. The van der Waals surface area contributed by atoms with Gasteiger partial charge in [-0.2, -0.15) is 5.10 Å². The van der Waals surface area contributed by atoms with Crippen molar-refractivity contribution in [2.75, 3.05) is 11.9 Å². The fourth-order valence-electron chi connectivity index (χ4n) is 3.49. The van der Waals surface area contributed by atoms with Crippen LogP contribution in [0.25, 0.3) is 16.6 Å². The molecule has 180 valence electrons. The number of nitrogens with one attached hydrogen (secondary N) is 2. The number of fused-ring (bicyclic) bond motifs is 1. The van der Waals surface area contributed by atoms with E-state index in [1.165, 1.54) is 0 Å². The molecule has 9 heteroatoms. The zero-order chi connectivity index (χ0) is 25.2. The first-order valence-electron chi connectivity index (χ1n) is 10.9. The van der Waals surface area contributed by atoms with Crippen LogP contribution in [0.3, 0.4) is 0 Å². The van der Waals surface area contributed by atoms with Crippen molar-refractivity contribution < 1.29 is 14.7 Å². The number of halogens is 2. The Balaban J connectivity index is 1.56. The van der Waals surface area contributed by atoms with Crippen LogP contribution in [0.5, 0.6) is 0 Å². The molecule has 0 unspecified atom stereocenters. The average Bonchev–Trinajstić information content (AvgIpc) is 3.29. The summed E-state index contributed by atoms with van der Waals surface area (Å²) in [6.07, 6.45) is 1.69. The van der Waals surface area contributed by atoms with Crippen molar-refractivity contribution in [3.63, 3.8) is 0 Å². The summed E-state index contributed by atoms with van der Waals surface area (Å²) in [5.41, 5.74) is 2.33. The molecule has 0 atom stereocenters. The predicted octanol–water partition coefficient (Wildman–Crippen LogP) is 5.22. The SMILES string of the molecule is CC(C)(CO)C(=O)NCc1ccc(Cl)c(C(=O)Nc2cccc3c2cnn3-c2ccc(Cl)cc2)c1. The molecule has 3 aromatic carbocycles. The molecule has 4 rings (SSSR count). The Morgan fingerprint density at radius 3 is 2.51 bits per heavy atom. The van der Waals surface area contributed by atoms with Crippen LogP contribution in [0, 0.1) is 5.41 Å². The highest BCUT2D eigenvalue weighted by molar-refractivity contribution is 6.34. The second-order valence-electron chi connectivity index (χ2n) is 8.76. The first-order chi connectivity index (χ1) is 16.7. The molecule has 7 nitrogen and oxygen atoms in total. The van der Waals surface area contributed by atoms with Gasteiger partial charge in [0.05, 0.1) is 45.7 Å². The summed E-state index contributed by atoms with van der Waals surface area (Å²) in [6.45, 7) is 3.23. The van der Waals surface area contributed by atoms with Crippen molar-refractivity contribution in [3.8, 4) is 5.69 Å². The summed E-state index contributed by atoms with van der Waals surface area (Å²) in [5, 5.41) is 21.2. The van der Waals surface area contributed by atoms with E-state index in [0.717, 1.165) is 16.6 Å². The van der Waals surface area contributed by atoms with Crippen molar-refractivity contribution in [1.82, 2.24) is 15.1 Å². The van der Waals surface area contributed by atoms with Crippen LogP contribution in [-0.4, -0.2) is 33.3 Å². The Morgan fingerprint density at radius 2 is 1.80 bits per heavy atom. The minimum atomic E-state index is -0.901. The number of aliphatic hydroxyl groups is 1. The topological polar surface area (TPSA) is 96.2 Å². The smallest absolute Gasteiger partial charge is 0.257 e. The van der Waals surface area contributed by atoms with Gasteiger partial charge in [0.15, 0.2) is 0 Å². The number of benzene rings is 3. The third kappa shape index (κ3) is 5.32. The number of nitrogens with zero attached hydrogens (tertiary/aromatic N) is 2. The molecular formula is C26H24Cl2N4O3. The van der Waals surface area contributed by atoms with Crippen LogP contribution in [0.1, 0.15) is 29.8 Å².